The lowest BCUT2D eigenvalue weighted by Gasteiger charge is -2.11. The van der Waals surface area contributed by atoms with Gasteiger partial charge in [-0.25, -0.2) is 4.79 Å². The smallest absolute Gasteiger partial charge is 0.319 e. The Morgan fingerprint density at radius 2 is 1.83 bits per heavy atom. The van der Waals surface area contributed by atoms with Gasteiger partial charge < -0.3 is 15.4 Å². The standard InChI is InChI=1S/C18H18Cl2N2O2/c19-15-5-2-6-16(20)17(15)22-18(23)21-9-10-24-14-8-7-12-3-1-4-13(12)11-14/h2,5-8,11H,1,3-4,9-10H2,(H2,21,22,23). The molecule has 2 N–H and O–H groups in total. The van der Waals surface area contributed by atoms with E-state index in [9.17, 15) is 4.79 Å². The molecule has 0 aliphatic heterocycles. The number of nitrogens with one attached hydrogen (secondary N) is 2. The van der Waals surface area contributed by atoms with Gasteiger partial charge in [-0.2, -0.15) is 0 Å². The summed E-state index contributed by atoms with van der Waals surface area (Å²) in [5.41, 5.74) is 3.18. The van der Waals surface area contributed by atoms with Crippen molar-refractivity contribution < 1.29 is 9.53 Å². The van der Waals surface area contributed by atoms with Crippen LogP contribution in [0.15, 0.2) is 36.4 Å². The van der Waals surface area contributed by atoms with Crippen LogP contribution in [0.3, 0.4) is 0 Å². The third-order valence-electron chi connectivity index (χ3n) is 3.93. The van der Waals surface area contributed by atoms with Crippen LogP contribution in [0.2, 0.25) is 10.0 Å². The van der Waals surface area contributed by atoms with Crippen LogP contribution >= 0.6 is 23.2 Å². The molecule has 0 unspecified atom stereocenters. The summed E-state index contributed by atoms with van der Waals surface area (Å²) in [7, 11) is 0. The van der Waals surface area contributed by atoms with Crippen LogP contribution in [0.5, 0.6) is 5.75 Å². The van der Waals surface area contributed by atoms with E-state index in [0.29, 0.717) is 28.9 Å². The topological polar surface area (TPSA) is 50.4 Å². The molecule has 2 aromatic carbocycles. The van der Waals surface area contributed by atoms with E-state index >= 15 is 0 Å². The average Bonchev–Trinajstić information content (AvgIpc) is 3.03. The van der Waals surface area contributed by atoms with Gasteiger partial charge in [-0.15, -0.1) is 0 Å². The molecule has 0 bridgehead atoms. The van der Waals surface area contributed by atoms with Crippen molar-refractivity contribution in [3.8, 4) is 5.75 Å². The zero-order chi connectivity index (χ0) is 16.9. The summed E-state index contributed by atoms with van der Waals surface area (Å²) in [6.07, 6.45) is 3.48. The number of amides is 2. The summed E-state index contributed by atoms with van der Waals surface area (Å²) in [6.45, 7) is 0.771. The molecule has 0 fully saturated rings. The molecule has 0 atom stereocenters. The third-order valence-corrected chi connectivity index (χ3v) is 4.56. The summed E-state index contributed by atoms with van der Waals surface area (Å²) < 4.78 is 5.68. The Kier molecular flexibility index (Phi) is 5.48. The number of halogens is 2. The number of urea groups is 1. The van der Waals surface area contributed by atoms with Crippen LogP contribution in [-0.2, 0) is 12.8 Å². The van der Waals surface area contributed by atoms with Gasteiger partial charge in [0.05, 0.1) is 22.3 Å². The second-order valence-corrected chi connectivity index (χ2v) is 6.42. The molecule has 6 heteroatoms. The number of anilines is 1. The fourth-order valence-electron chi connectivity index (χ4n) is 2.75. The van der Waals surface area contributed by atoms with Crippen LogP contribution in [-0.4, -0.2) is 19.2 Å². The van der Waals surface area contributed by atoms with Crippen molar-refractivity contribution >= 4 is 34.9 Å². The number of aryl methyl sites for hydroxylation is 2. The number of rotatable bonds is 5. The number of ether oxygens (including phenoxy) is 1. The Labute approximate surface area is 151 Å². The van der Waals surface area contributed by atoms with E-state index in [1.165, 1.54) is 17.5 Å². The number of carbonyl (C=O) groups is 1. The molecule has 126 valence electrons. The maximum atomic E-state index is 11.9. The highest BCUT2D eigenvalue weighted by Gasteiger charge is 2.11. The van der Waals surface area contributed by atoms with Gasteiger partial charge >= 0.3 is 6.03 Å². The van der Waals surface area contributed by atoms with Gasteiger partial charge in [0.25, 0.3) is 0 Å². The lowest BCUT2D eigenvalue weighted by atomic mass is 10.1. The summed E-state index contributed by atoms with van der Waals surface area (Å²) in [5.74, 6) is 0.840. The highest BCUT2D eigenvalue weighted by atomic mass is 35.5. The van der Waals surface area contributed by atoms with E-state index in [-0.39, 0.29) is 6.03 Å². The summed E-state index contributed by atoms with van der Waals surface area (Å²) in [4.78, 5) is 11.9. The molecule has 1 aliphatic carbocycles. The number of fused-ring (bicyclic) bond motifs is 1. The highest BCUT2D eigenvalue weighted by molar-refractivity contribution is 6.39. The van der Waals surface area contributed by atoms with Crippen molar-refractivity contribution in [3.63, 3.8) is 0 Å². The highest BCUT2D eigenvalue weighted by Crippen LogP contribution is 2.29. The summed E-state index contributed by atoms with van der Waals surface area (Å²) >= 11 is 12.0. The Morgan fingerprint density at radius 1 is 1.08 bits per heavy atom. The first-order chi connectivity index (χ1) is 11.6. The summed E-state index contributed by atoms with van der Waals surface area (Å²) in [6, 6.07) is 10.9. The molecule has 0 radical (unpaired) electrons. The van der Waals surface area contributed by atoms with Gasteiger partial charge in [0.15, 0.2) is 0 Å². The largest absolute Gasteiger partial charge is 0.492 e. The number of hydrogen-bond acceptors (Lipinski definition) is 2. The fourth-order valence-corrected chi connectivity index (χ4v) is 3.24. The first-order valence-corrected chi connectivity index (χ1v) is 8.62. The van der Waals surface area contributed by atoms with Crippen molar-refractivity contribution in [2.75, 3.05) is 18.5 Å². The predicted octanol–water partition coefficient (Wildman–Crippen LogP) is 4.68. The van der Waals surface area contributed by atoms with E-state index in [4.69, 9.17) is 27.9 Å². The minimum absolute atomic E-state index is 0.373. The lowest BCUT2D eigenvalue weighted by Crippen LogP contribution is -2.32. The minimum atomic E-state index is -0.373. The number of hydrogen-bond donors (Lipinski definition) is 2. The second kappa shape index (κ2) is 7.77. The molecule has 0 heterocycles. The zero-order valence-corrected chi connectivity index (χ0v) is 14.6. The Balaban J connectivity index is 1.44. The van der Waals surface area contributed by atoms with Gasteiger partial charge in [0, 0.05) is 0 Å². The second-order valence-electron chi connectivity index (χ2n) is 5.61. The molecule has 0 spiro atoms. The Hall–Kier alpha value is -1.91. The van der Waals surface area contributed by atoms with Crippen LogP contribution in [0.25, 0.3) is 0 Å². The van der Waals surface area contributed by atoms with Crippen LogP contribution in [0.4, 0.5) is 10.5 Å². The Bertz CT molecular complexity index is 730. The zero-order valence-electron chi connectivity index (χ0n) is 13.1. The van der Waals surface area contributed by atoms with Gasteiger partial charge in [-0.05, 0) is 54.7 Å². The molecular formula is C18H18Cl2N2O2. The van der Waals surface area contributed by atoms with E-state index in [2.05, 4.69) is 22.8 Å². The van der Waals surface area contributed by atoms with Crippen molar-refractivity contribution in [2.24, 2.45) is 0 Å². The van der Waals surface area contributed by atoms with Gasteiger partial charge in [-0.1, -0.05) is 35.3 Å². The third kappa shape index (κ3) is 4.13. The number of carbonyl (C=O) groups excluding carboxylic acids is 1. The van der Waals surface area contributed by atoms with E-state index in [1.54, 1.807) is 18.2 Å². The molecule has 0 aromatic heterocycles. The van der Waals surface area contributed by atoms with Crippen LogP contribution in [0.1, 0.15) is 17.5 Å². The molecule has 24 heavy (non-hydrogen) atoms. The average molecular weight is 365 g/mol. The maximum absolute atomic E-state index is 11.9. The van der Waals surface area contributed by atoms with Crippen LogP contribution in [0, 0.1) is 0 Å². The normalized spacial score (nSPS) is 12.6. The quantitative estimate of drug-likeness (QED) is 0.756. The van der Waals surface area contributed by atoms with Gasteiger partial charge in [0.1, 0.15) is 12.4 Å². The lowest BCUT2D eigenvalue weighted by molar-refractivity contribution is 0.247. The number of benzene rings is 2. The van der Waals surface area contributed by atoms with Crippen molar-refractivity contribution in [3.05, 3.63) is 57.6 Å². The van der Waals surface area contributed by atoms with Crippen molar-refractivity contribution in [1.29, 1.82) is 0 Å². The molecule has 0 saturated carbocycles. The van der Waals surface area contributed by atoms with Crippen LogP contribution < -0.4 is 15.4 Å². The monoisotopic (exact) mass is 364 g/mol. The van der Waals surface area contributed by atoms with Gasteiger partial charge in [-0.3, -0.25) is 0 Å². The van der Waals surface area contributed by atoms with Gasteiger partial charge in [0.2, 0.25) is 0 Å². The molecular weight excluding hydrogens is 347 g/mol. The SMILES string of the molecule is O=C(NCCOc1ccc2c(c1)CCC2)Nc1c(Cl)cccc1Cl. The van der Waals surface area contributed by atoms with Crippen molar-refractivity contribution in [2.45, 2.75) is 19.3 Å². The predicted molar refractivity (Wildman–Crippen MR) is 97.4 cm³/mol. The number of para-hydroxylation sites is 1. The maximum Gasteiger partial charge on any atom is 0.319 e. The first kappa shape index (κ1) is 16.9. The van der Waals surface area contributed by atoms with E-state index in [0.717, 1.165) is 18.6 Å². The molecule has 0 saturated heterocycles. The Morgan fingerprint density at radius 3 is 2.62 bits per heavy atom. The molecule has 3 rings (SSSR count). The van der Waals surface area contributed by atoms with E-state index < -0.39 is 0 Å². The molecule has 2 amide bonds. The molecule has 4 nitrogen and oxygen atoms in total. The molecule has 1 aliphatic rings. The first-order valence-electron chi connectivity index (χ1n) is 7.87. The van der Waals surface area contributed by atoms with Crippen molar-refractivity contribution in [1.82, 2.24) is 5.32 Å². The minimum Gasteiger partial charge on any atom is -0.492 e. The molecule has 2 aromatic rings. The van der Waals surface area contributed by atoms with E-state index in [1.807, 2.05) is 6.07 Å². The summed E-state index contributed by atoms with van der Waals surface area (Å²) in [5, 5.41) is 6.15. The fraction of sp³-hybridized carbons (Fsp3) is 0.278.